The van der Waals surface area contributed by atoms with Gasteiger partial charge in [-0.15, -0.1) is 0 Å². The van der Waals surface area contributed by atoms with Gasteiger partial charge in [0.2, 0.25) is 0 Å². The fourth-order valence-electron chi connectivity index (χ4n) is 5.84. The Bertz CT molecular complexity index is 1240. The second-order valence-electron chi connectivity index (χ2n) is 10.7. The molecule has 2 unspecified atom stereocenters. The molecule has 2 aromatic rings. The number of nitrogens with zero attached hydrogens (tertiary/aromatic N) is 3. The molecule has 1 aromatic carbocycles. The van der Waals surface area contributed by atoms with Crippen LogP contribution in [0.1, 0.15) is 36.9 Å². The third-order valence-corrected chi connectivity index (χ3v) is 8.38. The zero-order chi connectivity index (χ0) is 25.9. The van der Waals surface area contributed by atoms with Gasteiger partial charge in [-0.05, 0) is 67.4 Å². The Morgan fingerprint density at radius 2 is 1.92 bits per heavy atom. The number of hydrogen-bond donors (Lipinski definition) is 0. The van der Waals surface area contributed by atoms with Crippen LogP contribution in [0.5, 0.6) is 5.75 Å². The van der Waals surface area contributed by atoms with E-state index in [1.165, 1.54) is 18.1 Å². The normalized spacial score (nSPS) is 25.3. The number of benzene rings is 1. The number of aromatic nitrogens is 1. The Balaban J connectivity index is 1.14. The lowest BCUT2D eigenvalue weighted by Gasteiger charge is -2.36. The molecule has 7 heteroatoms. The summed E-state index contributed by atoms with van der Waals surface area (Å²) in [6.07, 6.45) is 16.0. The molecule has 0 spiro atoms. The third kappa shape index (κ3) is 5.83. The molecule has 1 saturated heterocycles. The van der Waals surface area contributed by atoms with Crippen LogP contribution in [0.3, 0.4) is 0 Å². The smallest absolute Gasteiger partial charge is 0.172 e. The van der Waals surface area contributed by atoms with E-state index in [4.69, 9.17) is 26.1 Å². The van der Waals surface area contributed by atoms with E-state index >= 15 is 0 Å². The molecule has 4 heterocycles. The van der Waals surface area contributed by atoms with E-state index in [2.05, 4.69) is 46.2 Å². The Kier molecular flexibility index (Phi) is 7.82. The molecule has 3 atom stereocenters. The summed E-state index contributed by atoms with van der Waals surface area (Å²) in [4.78, 5) is 9.73. The summed E-state index contributed by atoms with van der Waals surface area (Å²) >= 11 is 5.97. The number of allylic oxidation sites excluding steroid dienone is 3. The largest absolute Gasteiger partial charge is 0.490 e. The molecule has 0 bridgehead atoms. The average Bonchev–Trinajstić information content (AvgIpc) is 3.11. The maximum absolute atomic E-state index is 14.6. The van der Waals surface area contributed by atoms with Gasteiger partial charge in [0.05, 0.1) is 18.4 Å². The van der Waals surface area contributed by atoms with Crippen molar-refractivity contribution in [2.45, 2.75) is 38.3 Å². The predicted octanol–water partition coefficient (Wildman–Crippen LogP) is 6.29. The zero-order valence-corrected chi connectivity index (χ0v) is 22.5. The van der Waals surface area contributed by atoms with Gasteiger partial charge < -0.3 is 14.4 Å². The van der Waals surface area contributed by atoms with Crippen LogP contribution in [-0.2, 0) is 11.3 Å². The summed E-state index contributed by atoms with van der Waals surface area (Å²) in [5, 5.41) is 0.406. The molecule has 38 heavy (non-hydrogen) atoms. The first-order chi connectivity index (χ1) is 18.6. The SMILES string of the molecule is Fc1cc(Cl)ccc1CN1CCCOc2ccc(C3=CCN(CC4C=CC=C[C@@H]4CC4CCO4)CC3)nc21. The minimum Gasteiger partial charge on any atom is -0.490 e. The number of anilines is 1. The van der Waals surface area contributed by atoms with Crippen LogP contribution in [-0.4, -0.2) is 55.4 Å². The summed E-state index contributed by atoms with van der Waals surface area (Å²) in [6.45, 7) is 5.73. The molecule has 0 radical (unpaired) electrons. The fourth-order valence-corrected chi connectivity index (χ4v) is 6.00. The summed E-state index contributed by atoms with van der Waals surface area (Å²) in [6, 6.07) is 8.95. The van der Waals surface area contributed by atoms with Crippen LogP contribution in [0.4, 0.5) is 10.2 Å². The molecule has 1 fully saturated rings. The van der Waals surface area contributed by atoms with Gasteiger partial charge in [0.25, 0.3) is 0 Å². The number of ether oxygens (including phenoxy) is 2. The quantitative estimate of drug-likeness (QED) is 0.416. The highest BCUT2D eigenvalue weighted by Crippen LogP contribution is 2.34. The number of rotatable bonds is 7. The van der Waals surface area contributed by atoms with E-state index in [-0.39, 0.29) is 5.82 Å². The lowest BCUT2D eigenvalue weighted by atomic mass is 9.82. The highest BCUT2D eigenvalue weighted by atomic mass is 35.5. The van der Waals surface area contributed by atoms with Crippen LogP contribution in [0.2, 0.25) is 5.02 Å². The topological polar surface area (TPSA) is 37.8 Å². The van der Waals surface area contributed by atoms with Crippen LogP contribution in [0, 0.1) is 17.7 Å². The Hall–Kier alpha value is -2.67. The van der Waals surface area contributed by atoms with Crippen LogP contribution >= 0.6 is 11.6 Å². The summed E-state index contributed by atoms with van der Waals surface area (Å²) in [5.41, 5.74) is 2.86. The lowest BCUT2D eigenvalue weighted by molar-refractivity contribution is -0.0627. The number of pyridine rings is 1. The van der Waals surface area contributed by atoms with Crippen molar-refractivity contribution >= 4 is 23.0 Å². The van der Waals surface area contributed by atoms with E-state index in [0.717, 1.165) is 69.3 Å². The number of halogens is 2. The van der Waals surface area contributed by atoms with E-state index in [1.807, 2.05) is 6.07 Å². The van der Waals surface area contributed by atoms with Crippen LogP contribution < -0.4 is 9.64 Å². The standard InChI is InChI=1S/C31H35ClFN3O2/c32-26-7-6-25(28(33)19-26)21-36-13-3-16-38-30-9-8-29(34-31(30)36)22-10-14-35(15-11-22)20-24-5-2-1-4-23(24)18-27-12-17-37-27/h1-2,4-10,19,23-24,27H,3,11-18,20-21H2/t23-,24?,27?/m1/s1. The molecule has 5 nitrogen and oxygen atoms in total. The van der Waals surface area contributed by atoms with E-state index in [0.29, 0.717) is 41.7 Å². The van der Waals surface area contributed by atoms with Crippen molar-refractivity contribution in [1.82, 2.24) is 9.88 Å². The molecule has 1 aliphatic carbocycles. The van der Waals surface area contributed by atoms with Crippen LogP contribution in [0.15, 0.2) is 60.7 Å². The first kappa shape index (κ1) is 25.6. The van der Waals surface area contributed by atoms with E-state index < -0.39 is 0 Å². The van der Waals surface area contributed by atoms with E-state index in [1.54, 1.807) is 12.1 Å². The highest BCUT2D eigenvalue weighted by molar-refractivity contribution is 6.30. The van der Waals surface area contributed by atoms with Crippen molar-refractivity contribution in [3.8, 4) is 5.75 Å². The maximum Gasteiger partial charge on any atom is 0.172 e. The first-order valence-electron chi connectivity index (χ1n) is 13.8. The molecule has 3 aliphatic heterocycles. The average molecular weight is 536 g/mol. The second kappa shape index (κ2) is 11.6. The molecular formula is C31H35ClFN3O2. The van der Waals surface area contributed by atoms with Gasteiger partial charge in [-0.3, -0.25) is 4.90 Å². The summed E-state index contributed by atoms with van der Waals surface area (Å²) < 4.78 is 26.3. The van der Waals surface area contributed by atoms with Crippen molar-refractivity contribution in [3.05, 3.63) is 82.8 Å². The third-order valence-electron chi connectivity index (χ3n) is 8.14. The molecule has 4 aliphatic rings. The van der Waals surface area contributed by atoms with Gasteiger partial charge in [0.1, 0.15) is 5.82 Å². The fraction of sp³-hybridized carbons (Fsp3) is 0.452. The van der Waals surface area contributed by atoms with Crippen molar-refractivity contribution in [3.63, 3.8) is 0 Å². The zero-order valence-electron chi connectivity index (χ0n) is 21.7. The number of fused-ring (bicyclic) bond motifs is 1. The van der Waals surface area contributed by atoms with Crippen molar-refractivity contribution in [1.29, 1.82) is 0 Å². The second-order valence-corrected chi connectivity index (χ2v) is 11.2. The van der Waals surface area contributed by atoms with Gasteiger partial charge in [-0.25, -0.2) is 9.37 Å². The van der Waals surface area contributed by atoms with Gasteiger partial charge >= 0.3 is 0 Å². The van der Waals surface area contributed by atoms with Gasteiger partial charge in [0, 0.05) is 49.9 Å². The molecule has 1 aromatic heterocycles. The summed E-state index contributed by atoms with van der Waals surface area (Å²) in [7, 11) is 0. The Morgan fingerprint density at radius 1 is 1.05 bits per heavy atom. The van der Waals surface area contributed by atoms with E-state index in [9.17, 15) is 4.39 Å². The van der Waals surface area contributed by atoms with Gasteiger partial charge in [0.15, 0.2) is 11.6 Å². The molecule has 0 saturated carbocycles. The molecule has 200 valence electrons. The minimum atomic E-state index is -0.291. The van der Waals surface area contributed by atoms with Gasteiger partial charge in [-0.1, -0.05) is 48.0 Å². The predicted molar refractivity (Wildman–Crippen MR) is 150 cm³/mol. The first-order valence-corrected chi connectivity index (χ1v) is 14.2. The molecule has 6 rings (SSSR count). The van der Waals surface area contributed by atoms with Crippen molar-refractivity contribution in [2.75, 3.05) is 44.3 Å². The molecule has 0 amide bonds. The summed E-state index contributed by atoms with van der Waals surface area (Å²) in [5.74, 6) is 2.35. The lowest BCUT2D eigenvalue weighted by Crippen LogP contribution is -2.37. The van der Waals surface area contributed by atoms with Crippen LogP contribution in [0.25, 0.3) is 5.57 Å². The Morgan fingerprint density at radius 3 is 2.68 bits per heavy atom. The molecule has 0 N–H and O–H groups in total. The van der Waals surface area contributed by atoms with Crippen molar-refractivity contribution < 1.29 is 13.9 Å². The van der Waals surface area contributed by atoms with Crippen molar-refractivity contribution in [2.24, 2.45) is 11.8 Å². The molecular weight excluding hydrogens is 501 g/mol. The monoisotopic (exact) mass is 535 g/mol. The Labute approximate surface area is 229 Å². The highest BCUT2D eigenvalue weighted by Gasteiger charge is 2.29. The van der Waals surface area contributed by atoms with Gasteiger partial charge in [-0.2, -0.15) is 0 Å². The maximum atomic E-state index is 14.6. The minimum absolute atomic E-state index is 0.291. The number of hydrogen-bond acceptors (Lipinski definition) is 5.